The van der Waals surface area contributed by atoms with Gasteiger partial charge in [0.05, 0.1) is 6.54 Å². The van der Waals surface area contributed by atoms with Crippen molar-refractivity contribution >= 4 is 5.82 Å². The molecule has 0 spiro atoms. The van der Waals surface area contributed by atoms with Crippen molar-refractivity contribution in [1.29, 1.82) is 0 Å². The first-order valence-electron chi connectivity index (χ1n) is 7.38. The molecule has 4 nitrogen and oxygen atoms in total. The minimum atomic E-state index is 0.163. The monoisotopic (exact) mass is 283 g/mol. The van der Waals surface area contributed by atoms with E-state index in [1.165, 1.54) is 11.1 Å². The van der Waals surface area contributed by atoms with Gasteiger partial charge in [-0.05, 0) is 31.0 Å². The number of nitrogens with two attached hydrogens (primary N) is 1. The second-order valence-corrected chi connectivity index (χ2v) is 5.58. The van der Waals surface area contributed by atoms with Gasteiger partial charge in [-0.2, -0.15) is 0 Å². The van der Waals surface area contributed by atoms with Crippen LogP contribution in [0.4, 0.5) is 5.82 Å². The van der Waals surface area contributed by atoms with Crippen LogP contribution in [0.5, 0.6) is 5.75 Å². The molecule has 2 aromatic rings. The summed E-state index contributed by atoms with van der Waals surface area (Å²) in [5.41, 5.74) is 8.21. The Balaban J connectivity index is 1.77. The van der Waals surface area contributed by atoms with Crippen LogP contribution >= 0.6 is 0 Å². The third-order valence-corrected chi connectivity index (χ3v) is 3.64. The van der Waals surface area contributed by atoms with Gasteiger partial charge < -0.3 is 15.4 Å². The molecule has 0 saturated carbocycles. The number of anilines is 1. The Morgan fingerprint density at radius 1 is 1.29 bits per heavy atom. The Hall–Kier alpha value is -2.07. The lowest BCUT2D eigenvalue weighted by atomic mass is 10.1. The molecule has 1 aromatic carbocycles. The molecule has 2 heterocycles. The fraction of sp³-hybridized carbons (Fsp3) is 0.353. The first-order chi connectivity index (χ1) is 10.2. The molecule has 0 fully saturated rings. The van der Waals surface area contributed by atoms with E-state index < -0.39 is 0 Å². The first-order valence-corrected chi connectivity index (χ1v) is 7.38. The smallest absolute Gasteiger partial charge is 0.128 e. The van der Waals surface area contributed by atoms with E-state index in [9.17, 15) is 0 Å². The molecule has 1 aliphatic heterocycles. The van der Waals surface area contributed by atoms with E-state index in [0.29, 0.717) is 6.61 Å². The predicted molar refractivity (Wildman–Crippen MR) is 84.6 cm³/mol. The highest BCUT2D eigenvalue weighted by atomic mass is 16.5. The van der Waals surface area contributed by atoms with Crippen LogP contribution in [0.1, 0.15) is 18.1 Å². The predicted octanol–water partition coefficient (Wildman–Crippen LogP) is 2.37. The molecule has 0 bridgehead atoms. The molecule has 1 unspecified atom stereocenters. The number of aromatic nitrogens is 1. The van der Waals surface area contributed by atoms with Gasteiger partial charge in [0.1, 0.15) is 18.2 Å². The van der Waals surface area contributed by atoms with Crippen molar-refractivity contribution in [2.24, 2.45) is 5.73 Å². The van der Waals surface area contributed by atoms with E-state index in [2.05, 4.69) is 28.1 Å². The van der Waals surface area contributed by atoms with Crippen LogP contribution in [0.15, 0.2) is 42.6 Å². The number of ether oxygens (including phenoxy) is 1. The molecule has 4 heteroatoms. The van der Waals surface area contributed by atoms with Crippen LogP contribution in [0.2, 0.25) is 0 Å². The minimum absolute atomic E-state index is 0.163. The SMILES string of the molecule is CC(N)Cc1ccc(N2CCOc3ccccc3C2)nc1. The summed E-state index contributed by atoms with van der Waals surface area (Å²) in [6, 6.07) is 12.5. The quantitative estimate of drug-likeness (QED) is 0.939. The lowest BCUT2D eigenvalue weighted by Gasteiger charge is -2.21. The standard InChI is InChI=1S/C17H21N3O/c1-13(18)10-14-6-7-17(19-11-14)20-8-9-21-16-5-3-2-4-15(16)12-20/h2-7,11,13H,8-10,12,18H2,1H3. The van der Waals surface area contributed by atoms with Gasteiger partial charge in [0.2, 0.25) is 0 Å². The highest BCUT2D eigenvalue weighted by Gasteiger charge is 2.16. The average molecular weight is 283 g/mol. The van der Waals surface area contributed by atoms with Gasteiger partial charge in [-0.1, -0.05) is 24.3 Å². The van der Waals surface area contributed by atoms with Crippen LogP contribution < -0.4 is 15.4 Å². The average Bonchev–Trinajstić information content (AvgIpc) is 2.69. The van der Waals surface area contributed by atoms with Gasteiger partial charge in [0, 0.05) is 24.3 Å². The van der Waals surface area contributed by atoms with Crippen molar-refractivity contribution < 1.29 is 4.74 Å². The summed E-state index contributed by atoms with van der Waals surface area (Å²) in [6.45, 7) is 4.36. The molecule has 1 aliphatic rings. The number of pyridine rings is 1. The number of benzene rings is 1. The summed E-state index contributed by atoms with van der Waals surface area (Å²) >= 11 is 0. The van der Waals surface area contributed by atoms with E-state index in [4.69, 9.17) is 10.5 Å². The molecule has 1 aromatic heterocycles. The van der Waals surface area contributed by atoms with Crippen molar-refractivity contribution in [2.75, 3.05) is 18.1 Å². The fourth-order valence-corrected chi connectivity index (χ4v) is 2.62. The van der Waals surface area contributed by atoms with Crippen molar-refractivity contribution in [3.8, 4) is 5.75 Å². The second kappa shape index (κ2) is 6.14. The summed E-state index contributed by atoms with van der Waals surface area (Å²) in [5.74, 6) is 1.97. The number of para-hydroxylation sites is 1. The fourth-order valence-electron chi connectivity index (χ4n) is 2.62. The molecule has 0 radical (unpaired) electrons. The van der Waals surface area contributed by atoms with E-state index in [-0.39, 0.29) is 6.04 Å². The largest absolute Gasteiger partial charge is 0.491 e. The minimum Gasteiger partial charge on any atom is -0.491 e. The van der Waals surface area contributed by atoms with Crippen LogP contribution in [0.25, 0.3) is 0 Å². The zero-order valence-corrected chi connectivity index (χ0v) is 12.3. The molecular formula is C17H21N3O. The first kappa shape index (κ1) is 13.9. The van der Waals surface area contributed by atoms with Crippen molar-refractivity contribution in [2.45, 2.75) is 25.9 Å². The number of hydrogen-bond acceptors (Lipinski definition) is 4. The second-order valence-electron chi connectivity index (χ2n) is 5.58. The molecule has 3 rings (SSSR count). The van der Waals surface area contributed by atoms with Gasteiger partial charge in [-0.25, -0.2) is 4.98 Å². The maximum Gasteiger partial charge on any atom is 0.128 e. The molecule has 2 N–H and O–H groups in total. The number of nitrogens with zero attached hydrogens (tertiary/aromatic N) is 2. The van der Waals surface area contributed by atoms with E-state index in [1.54, 1.807) is 0 Å². The lowest BCUT2D eigenvalue weighted by Crippen LogP contribution is -2.26. The third-order valence-electron chi connectivity index (χ3n) is 3.64. The molecule has 1 atom stereocenters. The highest BCUT2D eigenvalue weighted by Crippen LogP contribution is 2.25. The number of hydrogen-bond donors (Lipinski definition) is 1. The maximum atomic E-state index is 5.82. The molecular weight excluding hydrogens is 262 g/mol. The molecule has 0 amide bonds. The van der Waals surface area contributed by atoms with E-state index >= 15 is 0 Å². The van der Waals surface area contributed by atoms with Crippen LogP contribution in [0, 0.1) is 0 Å². The number of fused-ring (bicyclic) bond motifs is 1. The molecule has 0 aliphatic carbocycles. The van der Waals surface area contributed by atoms with Crippen LogP contribution in [-0.2, 0) is 13.0 Å². The van der Waals surface area contributed by atoms with Gasteiger partial charge in [-0.15, -0.1) is 0 Å². The normalized spacial score (nSPS) is 15.8. The highest BCUT2D eigenvalue weighted by molar-refractivity contribution is 5.44. The van der Waals surface area contributed by atoms with Gasteiger partial charge in [0.25, 0.3) is 0 Å². The Morgan fingerprint density at radius 2 is 2.14 bits per heavy atom. The van der Waals surface area contributed by atoms with E-state index in [1.807, 2.05) is 31.3 Å². The molecule has 21 heavy (non-hydrogen) atoms. The maximum absolute atomic E-state index is 5.82. The summed E-state index contributed by atoms with van der Waals surface area (Å²) in [5, 5.41) is 0. The molecule has 110 valence electrons. The zero-order valence-electron chi connectivity index (χ0n) is 12.3. The van der Waals surface area contributed by atoms with E-state index in [0.717, 1.165) is 31.1 Å². The Kier molecular flexibility index (Phi) is 4.06. The summed E-state index contributed by atoms with van der Waals surface area (Å²) in [4.78, 5) is 6.84. The molecule has 0 saturated heterocycles. The topological polar surface area (TPSA) is 51.4 Å². The Labute approximate surface area is 125 Å². The summed E-state index contributed by atoms with van der Waals surface area (Å²) in [7, 11) is 0. The van der Waals surface area contributed by atoms with Gasteiger partial charge >= 0.3 is 0 Å². The van der Waals surface area contributed by atoms with Crippen molar-refractivity contribution in [3.63, 3.8) is 0 Å². The van der Waals surface area contributed by atoms with Gasteiger partial charge in [0.15, 0.2) is 0 Å². The Morgan fingerprint density at radius 3 is 2.90 bits per heavy atom. The van der Waals surface area contributed by atoms with Crippen LogP contribution in [-0.4, -0.2) is 24.2 Å². The summed E-state index contributed by atoms with van der Waals surface area (Å²) in [6.07, 6.45) is 2.79. The zero-order chi connectivity index (χ0) is 14.7. The van der Waals surface area contributed by atoms with Crippen molar-refractivity contribution in [3.05, 3.63) is 53.7 Å². The summed E-state index contributed by atoms with van der Waals surface area (Å²) < 4.78 is 5.79. The van der Waals surface area contributed by atoms with Crippen LogP contribution in [0.3, 0.4) is 0 Å². The third kappa shape index (κ3) is 3.34. The number of rotatable bonds is 3. The van der Waals surface area contributed by atoms with Crippen molar-refractivity contribution in [1.82, 2.24) is 4.98 Å². The lowest BCUT2D eigenvalue weighted by molar-refractivity contribution is 0.331. The Bertz CT molecular complexity index is 595. The van der Waals surface area contributed by atoms with Gasteiger partial charge in [-0.3, -0.25) is 0 Å².